The number of hydrogen-bond donors (Lipinski definition) is 3. The maximum Gasteiger partial charge on any atom is 0.225 e. The van der Waals surface area contributed by atoms with Gasteiger partial charge in [0.25, 0.3) is 0 Å². The van der Waals surface area contributed by atoms with Crippen molar-refractivity contribution in [3.05, 3.63) is 29.5 Å². The van der Waals surface area contributed by atoms with Crippen molar-refractivity contribution in [2.24, 2.45) is 0 Å². The van der Waals surface area contributed by atoms with Crippen LogP contribution in [0.15, 0.2) is 18.2 Å². The predicted molar refractivity (Wildman–Crippen MR) is 139 cm³/mol. The summed E-state index contributed by atoms with van der Waals surface area (Å²) in [6.45, 7) is 0. The van der Waals surface area contributed by atoms with Crippen LogP contribution in [0.1, 0.15) is 49.8 Å². The summed E-state index contributed by atoms with van der Waals surface area (Å²) in [6.07, 6.45) is 8.83. The van der Waals surface area contributed by atoms with Crippen LogP contribution >= 0.6 is 23.9 Å². The summed E-state index contributed by atoms with van der Waals surface area (Å²) in [4.78, 5) is 11.9. The highest BCUT2D eigenvalue weighted by Crippen LogP contribution is 2.29. The molecule has 8 nitrogen and oxygen atoms in total. The van der Waals surface area contributed by atoms with Crippen LogP contribution in [0, 0.1) is 0 Å². The molecule has 10 heteroatoms. The molecule has 33 heavy (non-hydrogen) atoms. The molecule has 0 aliphatic heterocycles. The summed E-state index contributed by atoms with van der Waals surface area (Å²) < 4.78 is 8.53. The number of benzene rings is 1. The zero-order valence-electron chi connectivity index (χ0n) is 19.1. The highest BCUT2D eigenvalue weighted by Gasteiger charge is 2.24. The molecule has 3 aromatic rings. The van der Waals surface area contributed by atoms with Gasteiger partial charge >= 0.3 is 0 Å². The summed E-state index contributed by atoms with van der Waals surface area (Å²) in [6, 6.07) is 6.69. The van der Waals surface area contributed by atoms with Crippen LogP contribution in [-0.2, 0) is 12.8 Å². The lowest BCUT2D eigenvalue weighted by molar-refractivity contribution is 0.387. The standard InChI is InChI=1S/C23H30N8S2/c1-31(2)21-17-5-3-4-6-18(17)27-22(28-21)24-14-7-9-15(10-8-14)25-23(32)26-16-11-12-19-20(13-16)30-33-29-19/h11-15H,3-10H2,1-2H3,(H,24,27,28)(H2,25,26,32). The first-order chi connectivity index (χ1) is 16.0. The number of aromatic nitrogens is 4. The fourth-order valence-corrected chi connectivity index (χ4v) is 5.59. The molecule has 1 aromatic carbocycles. The van der Waals surface area contributed by atoms with Gasteiger partial charge < -0.3 is 20.9 Å². The number of fused-ring (bicyclic) bond motifs is 2. The first-order valence-electron chi connectivity index (χ1n) is 11.7. The first kappa shape index (κ1) is 22.2. The van der Waals surface area contributed by atoms with Crippen LogP contribution in [-0.4, -0.2) is 50.0 Å². The van der Waals surface area contributed by atoms with E-state index in [9.17, 15) is 0 Å². The molecule has 1 saturated carbocycles. The molecule has 2 aliphatic rings. The van der Waals surface area contributed by atoms with Crippen molar-refractivity contribution >= 4 is 57.5 Å². The number of nitrogens with zero attached hydrogens (tertiary/aromatic N) is 5. The van der Waals surface area contributed by atoms with Crippen molar-refractivity contribution in [3.63, 3.8) is 0 Å². The Kier molecular flexibility index (Phi) is 6.55. The zero-order valence-corrected chi connectivity index (χ0v) is 20.7. The highest BCUT2D eigenvalue weighted by atomic mass is 32.1. The molecule has 0 bridgehead atoms. The van der Waals surface area contributed by atoms with E-state index in [1.54, 1.807) is 0 Å². The van der Waals surface area contributed by atoms with E-state index in [0.717, 1.165) is 67.0 Å². The molecule has 1 fully saturated rings. The predicted octanol–water partition coefficient (Wildman–Crippen LogP) is 4.14. The lowest BCUT2D eigenvalue weighted by Crippen LogP contribution is -2.42. The van der Waals surface area contributed by atoms with Gasteiger partial charge in [0.1, 0.15) is 16.9 Å². The molecule has 0 saturated heterocycles. The van der Waals surface area contributed by atoms with E-state index < -0.39 is 0 Å². The highest BCUT2D eigenvalue weighted by molar-refractivity contribution is 7.80. The van der Waals surface area contributed by atoms with Crippen molar-refractivity contribution in [2.45, 2.75) is 63.5 Å². The minimum atomic E-state index is 0.370. The summed E-state index contributed by atoms with van der Waals surface area (Å²) in [5, 5.41) is 11.0. The van der Waals surface area contributed by atoms with Crippen molar-refractivity contribution in [2.75, 3.05) is 29.6 Å². The van der Waals surface area contributed by atoms with Gasteiger partial charge in [-0.2, -0.15) is 13.7 Å². The van der Waals surface area contributed by atoms with E-state index in [0.29, 0.717) is 17.2 Å². The maximum atomic E-state index is 5.55. The van der Waals surface area contributed by atoms with Gasteiger partial charge in [-0.25, -0.2) is 4.98 Å². The molecule has 0 atom stereocenters. The first-order valence-corrected chi connectivity index (χ1v) is 12.8. The van der Waals surface area contributed by atoms with Gasteiger partial charge in [0, 0.05) is 37.4 Å². The Bertz CT molecular complexity index is 1140. The molecule has 2 heterocycles. The van der Waals surface area contributed by atoms with E-state index in [4.69, 9.17) is 22.2 Å². The normalized spacial score (nSPS) is 20.2. The third-order valence-electron chi connectivity index (χ3n) is 6.49. The second-order valence-electron chi connectivity index (χ2n) is 9.16. The number of hydrogen-bond acceptors (Lipinski definition) is 8. The van der Waals surface area contributed by atoms with Crippen LogP contribution in [0.5, 0.6) is 0 Å². The van der Waals surface area contributed by atoms with E-state index in [-0.39, 0.29) is 0 Å². The molecule has 0 spiro atoms. The van der Waals surface area contributed by atoms with Crippen LogP contribution in [0.2, 0.25) is 0 Å². The Morgan fingerprint density at radius 3 is 2.58 bits per heavy atom. The molecule has 5 rings (SSSR count). The average molecular weight is 483 g/mol. The summed E-state index contributed by atoms with van der Waals surface area (Å²) >= 11 is 6.78. The smallest absolute Gasteiger partial charge is 0.225 e. The topological polar surface area (TPSA) is 90.9 Å². The Balaban J connectivity index is 1.14. The van der Waals surface area contributed by atoms with Crippen molar-refractivity contribution in [1.82, 2.24) is 24.0 Å². The minimum absolute atomic E-state index is 0.370. The monoisotopic (exact) mass is 482 g/mol. The molecular formula is C23H30N8S2. The molecule has 0 radical (unpaired) electrons. The zero-order chi connectivity index (χ0) is 22.8. The fraction of sp³-hybridized carbons (Fsp3) is 0.522. The SMILES string of the molecule is CN(C)c1nc(NC2CCC(NC(=S)Nc3ccc4nsnc4c3)CC2)nc2c1CCCC2. The van der Waals surface area contributed by atoms with Crippen molar-refractivity contribution in [3.8, 4) is 0 Å². The molecule has 3 N–H and O–H groups in total. The second kappa shape index (κ2) is 9.72. The number of nitrogens with one attached hydrogen (secondary N) is 3. The summed E-state index contributed by atoms with van der Waals surface area (Å²) in [7, 11) is 4.14. The molecule has 0 unspecified atom stereocenters. The lowest BCUT2D eigenvalue weighted by atomic mass is 9.91. The Labute approximate surface area is 203 Å². The van der Waals surface area contributed by atoms with Crippen LogP contribution in [0.4, 0.5) is 17.5 Å². The Morgan fingerprint density at radius 2 is 1.76 bits per heavy atom. The maximum absolute atomic E-state index is 5.55. The van der Waals surface area contributed by atoms with Crippen molar-refractivity contribution in [1.29, 1.82) is 0 Å². The molecule has 174 valence electrons. The van der Waals surface area contributed by atoms with Gasteiger partial charge in [-0.05, 0) is 81.8 Å². The lowest BCUT2D eigenvalue weighted by Gasteiger charge is -2.31. The molecule has 0 amide bonds. The Morgan fingerprint density at radius 1 is 1.00 bits per heavy atom. The van der Waals surface area contributed by atoms with E-state index in [1.807, 2.05) is 18.2 Å². The number of aryl methyl sites for hydroxylation is 1. The Hall–Kier alpha value is -2.59. The van der Waals surface area contributed by atoms with Gasteiger partial charge in [-0.3, -0.25) is 0 Å². The average Bonchev–Trinajstić information content (AvgIpc) is 3.27. The van der Waals surface area contributed by atoms with Crippen molar-refractivity contribution < 1.29 is 0 Å². The second-order valence-corrected chi connectivity index (χ2v) is 10.1. The van der Waals surface area contributed by atoms with Crippen LogP contribution < -0.4 is 20.9 Å². The van der Waals surface area contributed by atoms with Gasteiger partial charge in [0.15, 0.2) is 5.11 Å². The number of rotatable bonds is 5. The van der Waals surface area contributed by atoms with E-state index >= 15 is 0 Å². The molecule has 2 aromatic heterocycles. The fourth-order valence-electron chi connectivity index (χ4n) is 4.79. The van der Waals surface area contributed by atoms with Gasteiger partial charge in [-0.1, -0.05) is 0 Å². The molecular weight excluding hydrogens is 452 g/mol. The largest absolute Gasteiger partial charge is 0.362 e. The summed E-state index contributed by atoms with van der Waals surface area (Å²) in [5.74, 6) is 1.85. The van der Waals surface area contributed by atoms with Crippen LogP contribution in [0.3, 0.4) is 0 Å². The van der Waals surface area contributed by atoms with E-state index in [2.05, 4.69) is 43.7 Å². The van der Waals surface area contributed by atoms with Gasteiger partial charge in [0.2, 0.25) is 5.95 Å². The van der Waals surface area contributed by atoms with Gasteiger partial charge in [0.05, 0.1) is 17.4 Å². The van der Waals surface area contributed by atoms with Gasteiger partial charge in [-0.15, -0.1) is 0 Å². The number of thiocarbonyl (C=S) groups is 1. The third-order valence-corrected chi connectivity index (χ3v) is 7.27. The quantitative estimate of drug-likeness (QED) is 0.464. The molecule has 2 aliphatic carbocycles. The van der Waals surface area contributed by atoms with E-state index in [1.165, 1.54) is 35.8 Å². The van der Waals surface area contributed by atoms with Crippen LogP contribution in [0.25, 0.3) is 11.0 Å². The third kappa shape index (κ3) is 5.16. The number of anilines is 3. The minimum Gasteiger partial charge on any atom is -0.362 e. The summed E-state index contributed by atoms with van der Waals surface area (Å²) in [5.41, 5.74) is 5.29.